The molecule has 0 aromatic heterocycles. The molecule has 4 saturated carbocycles. The molecule has 144 valence electrons. The zero-order valence-corrected chi connectivity index (χ0v) is 15.8. The fourth-order valence-corrected chi connectivity index (χ4v) is 6.58. The highest BCUT2D eigenvalue weighted by Crippen LogP contribution is 2.62. The van der Waals surface area contributed by atoms with Crippen LogP contribution in [0.4, 0.5) is 5.69 Å². The number of esters is 1. The second-order valence-electron chi connectivity index (χ2n) is 9.38. The van der Waals surface area contributed by atoms with E-state index in [1.54, 1.807) is 11.8 Å². The maximum atomic E-state index is 13.1. The molecule has 4 fully saturated rings. The minimum Gasteiger partial charge on any atom is -0.452 e. The fourth-order valence-electron chi connectivity index (χ4n) is 6.58. The molecule has 5 atom stereocenters. The minimum atomic E-state index is -0.800. The first-order chi connectivity index (χ1) is 12.9. The van der Waals surface area contributed by atoms with Crippen LogP contribution in [0.2, 0.25) is 0 Å². The number of nitrogens with zero attached hydrogens (tertiary/aromatic N) is 1. The van der Waals surface area contributed by atoms with Crippen LogP contribution in [-0.2, 0) is 20.7 Å². The number of hydrogen-bond donors (Lipinski definition) is 1. The van der Waals surface area contributed by atoms with Gasteiger partial charge in [0.2, 0.25) is 0 Å². The van der Waals surface area contributed by atoms with Crippen LogP contribution in [0.3, 0.4) is 0 Å². The van der Waals surface area contributed by atoms with Gasteiger partial charge in [-0.3, -0.25) is 9.59 Å². The summed E-state index contributed by atoms with van der Waals surface area (Å²) in [5, 5.41) is 10.9. The largest absolute Gasteiger partial charge is 0.452 e. The van der Waals surface area contributed by atoms with Crippen molar-refractivity contribution in [2.24, 2.45) is 17.3 Å². The van der Waals surface area contributed by atoms with Crippen LogP contribution in [-0.4, -0.2) is 35.2 Å². The summed E-state index contributed by atoms with van der Waals surface area (Å²) in [6.07, 6.45) is 4.90. The van der Waals surface area contributed by atoms with Gasteiger partial charge in [-0.25, -0.2) is 0 Å². The van der Waals surface area contributed by atoms with E-state index in [1.807, 2.05) is 24.3 Å². The van der Waals surface area contributed by atoms with E-state index in [0.29, 0.717) is 24.8 Å². The molecule has 27 heavy (non-hydrogen) atoms. The lowest BCUT2D eigenvalue weighted by molar-refractivity contribution is -0.199. The van der Waals surface area contributed by atoms with Crippen molar-refractivity contribution in [3.05, 3.63) is 29.8 Å². The molecule has 0 saturated heterocycles. The number of rotatable bonds is 3. The Balaban J connectivity index is 1.31. The van der Waals surface area contributed by atoms with Gasteiger partial charge in [-0.2, -0.15) is 0 Å². The first-order valence-electron chi connectivity index (χ1n) is 10.2. The molecule has 1 aliphatic heterocycles. The highest BCUT2D eigenvalue weighted by atomic mass is 16.5. The topological polar surface area (TPSA) is 66.8 Å². The number of hydrogen-bond acceptors (Lipinski definition) is 4. The normalized spacial score (nSPS) is 37.2. The van der Waals surface area contributed by atoms with Gasteiger partial charge in [-0.15, -0.1) is 0 Å². The lowest BCUT2D eigenvalue weighted by atomic mass is 9.48. The maximum absolute atomic E-state index is 13.1. The third-order valence-electron chi connectivity index (χ3n) is 7.25. The number of para-hydroxylation sites is 1. The summed E-state index contributed by atoms with van der Waals surface area (Å²) in [5.41, 5.74) is 0.794. The molecule has 1 aromatic rings. The molecule has 0 spiro atoms. The fraction of sp³-hybridized carbons (Fsp3) is 0.636. The Kier molecular flexibility index (Phi) is 3.71. The number of benzene rings is 1. The van der Waals surface area contributed by atoms with Gasteiger partial charge in [0.1, 0.15) is 0 Å². The van der Waals surface area contributed by atoms with Crippen molar-refractivity contribution >= 4 is 17.6 Å². The summed E-state index contributed by atoms with van der Waals surface area (Å²) in [5.74, 6) is 0.403. The predicted octanol–water partition coefficient (Wildman–Crippen LogP) is 2.84. The Morgan fingerprint density at radius 2 is 1.89 bits per heavy atom. The Morgan fingerprint density at radius 1 is 1.19 bits per heavy atom. The van der Waals surface area contributed by atoms with Crippen LogP contribution >= 0.6 is 0 Å². The number of carbonyl (C=O) groups is 2. The number of anilines is 1. The summed E-state index contributed by atoms with van der Waals surface area (Å²) in [6.45, 7) is 2.31. The Morgan fingerprint density at radius 3 is 2.59 bits per heavy atom. The molecule has 4 bridgehead atoms. The molecule has 4 aliphatic carbocycles. The van der Waals surface area contributed by atoms with Crippen molar-refractivity contribution < 1.29 is 19.4 Å². The van der Waals surface area contributed by atoms with E-state index in [1.165, 1.54) is 0 Å². The third kappa shape index (κ3) is 2.70. The number of carbonyl (C=O) groups excluding carboxylic acids is 2. The quantitative estimate of drug-likeness (QED) is 0.832. The molecule has 6 rings (SSSR count). The summed E-state index contributed by atoms with van der Waals surface area (Å²) < 4.78 is 5.73. The number of fused-ring (bicyclic) bond motifs is 1. The average molecular weight is 369 g/mol. The molecule has 5 heteroatoms. The summed E-state index contributed by atoms with van der Waals surface area (Å²) in [7, 11) is 0. The van der Waals surface area contributed by atoms with Crippen molar-refractivity contribution in [2.45, 2.75) is 63.6 Å². The van der Waals surface area contributed by atoms with E-state index in [-0.39, 0.29) is 11.9 Å². The standard InChI is InChI=1S/C22H27NO4/c1-14(19(24)23-7-6-17-4-2-3-5-18(17)23)27-20(25)21-9-15-8-16(10-21)12-22(26,11-15)13-21/h2-5,14-16,26H,6-13H2,1H3/t14-,15-,16+,21?,22?/m1/s1. The smallest absolute Gasteiger partial charge is 0.312 e. The van der Waals surface area contributed by atoms with E-state index < -0.39 is 17.1 Å². The number of amides is 1. The van der Waals surface area contributed by atoms with Crippen molar-refractivity contribution in [1.29, 1.82) is 0 Å². The van der Waals surface area contributed by atoms with Crippen molar-refractivity contribution in [3.63, 3.8) is 0 Å². The monoisotopic (exact) mass is 369 g/mol. The minimum absolute atomic E-state index is 0.156. The van der Waals surface area contributed by atoms with E-state index >= 15 is 0 Å². The third-order valence-corrected chi connectivity index (χ3v) is 7.25. The molecule has 1 N–H and O–H groups in total. The first kappa shape index (κ1) is 17.2. The molecule has 1 aromatic carbocycles. The van der Waals surface area contributed by atoms with Gasteiger partial charge in [0.25, 0.3) is 5.91 Å². The van der Waals surface area contributed by atoms with Crippen molar-refractivity contribution in [2.75, 3.05) is 11.4 Å². The first-order valence-corrected chi connectivity index (χ1v) is 10.2. The second kappa shape index (κ2) is 5.81. The molecule has 5 nitrogen and oxygen atoms in total. The zero-order chi connectivity index (χ0) is 18.8. The zero-order valence-electron chi connectivity index (χ0n) is 15.8. The molecule has 1 amide bonds. The van der Waals surface area contributed by atoms with Crippen LogP contribution in [0.5, 0.6) is 0 Å². The maximum Gasteiger partial charge on any atom is 0.312 e. The molecule has 2 unspecified atom stereocenters. The highest BCUT2D eigenvalue weighted by molar-refractivity contribution is 5.99. The van der Waals surface area contributed by atoms with Gasteiger partial charge < -0.3 is 14.7 Å². The summed E-state index contributed by atoms with van der Waals surface area (Å²) in [6, 6.07) is 7.89. The highest BCUT2D eigenvalue weighted by Gasteiger charge is 2.61. The summed E-state index contributed by atoms with van der Waals surface area (Å²) >= 11 is 0. The second-order valence-corrected chi connectivity index (χ2v) is 9.38. The van der Waals surface area contributed by atoms with Crippen LogP contribution in [0.1, 0.15) is 51.0 Å². The van der Waals surface area contributed by atoms with Gasteiger partial charge in [0, 0.05) is 12.2 Å². The van der Waals surface area contributed by atoms with Gasteiger partial charge in [-0.05, 0) is 75.3 Å². The van der Waals surface area contributed by atoms with E-state index in [4.69, 9.17) is 4.74 Å². The van der Waals surface area contributed by atoms with E-state index in [9.17, 15) is 14.7 Å². The number of ether oxygens (including phenoxy) is 1. The number of aliphatic hydroxyl groups is 1. The summed E-state index contributed by atoms with van der Waals surface area (Å²) in [4.78, 5) is 27.8. The van der Waals surface area contributed by atoms with Crippen LogP contribution in [0, 0.1) is 17.3 Å². The molecule has 0 radical (unpaired) electrons. The lowest BCUT2D eigenvalue weighted by Gasteiger charge is -2.58. The molecule has 1 heterocycles. The Labute approximate surface area is 159 Å². The molecular weight excluding hydrogens is 342 g/mol. The van der Waals surface area contributed by atoms with Crippen molar-refractivity contribution in [1.82, 2.24) is 0 Å². The Hall–Kier alpha value is -1.88. The molecule has 5 aliphatic rings. The van der Waals surface area contributed by atoms with Gasteiger partial charge in [0.05, 0.1) is 11.0 Å². The van der Waals surface area contributed by atoms with Crippen molar-refractivity contribution in [3.8, 4) is 0 Å². The average Bonchev–Trinajstić information content (AvgIpc) is 3.03. The van der Waals surface area contributed by atoms with Crippen LogP contribution in [0.25, 0.3) is 0 Å². The van der Waals surface area contributed by atoms with Gasteiger partial charge in [-0.1, -0.05) is 18.2 Å². The predicted molar refractivity (Wildman–Crippen MR) is 100 cm³/mol. The van der Waals surface area contributed by atoms with E-state index in [2.05, 4.69) is 0 Å². The van der Waals surface area contributed by atoms with Crippen LogP contribution < -0.4 is 4.90 Å². The molecular formula is C22H27NO4. The van der Waals surface area contributed by atoms with Gasteiger partial charge >= 0.3 is 5.97 Å². The lowest BCUT2D eigenvalue weighted by Crippen LogP contribution is -2.59. The SMILES string of the molecule is C[C@@H](OC(=O)C12C[C@@H]3C[C@@H](CC(O)(C3)C1)C2)C(=O)N1CCc2ccccc21. The van der Waals surface area contributed by atoms with E-state index in [0.717, 1.165) is 49.8 Å². The van der Waals surface area contributed by atoms with Crippen LogP contribution in [0.15, 0.2) is 24.3 Å². The Bertz CT molecular complexity index is 789. The van der Waals surface area contributed by atoms with Gasteiger partial charge in [0.15, 0.2) is 6.10 Å².